The van der Waals surface area contributed by atoms with Crippen molar-refractivity contribution >= 4 is 11.6 Å². The van der Waals surface area contributed by atoms with E-state index in [-0.39, 0.29) is 11.3 Å². The Morgan fingerprint density at radius 3 is 2.71 bits per heavy atom. The van der Waals surface area contributed by atoms with Crippen molar-refractivity contribution in [3.8, 4) is 5.75 Å². The molecule has 1 aliphatic rings. The van der Waals surface area contributed by atoms with Crippen molar-refractivity contribution in [2.24, 2.45) is 5.73 Å². The van der Waals surface area contributed by atoms with Crippen LogP contribution in [-0.4, -0.2) is 10.6 Å². The molecule has 0 unspecified atom stereocenters. The number of benzene rings is 1. The van der Waals surface area contributed by atoms with E-state index in [2.05, 4.69) is 0 Å². The number of hydrogen-bond donors (Lipinski definition) is 2. The van der Waals surface area contributed by atoms with Crippen LogP contribution in [0.5, 0.6) is 5.75 Å². The summed E-state index contributed by atoms with van der Waals surface area (Å²) in [6.45, 7) is 0. The van der Waals surface area contributed by atoms with E-state index in [1.165, 1.54) is 0 Å². The van der Waals surface area contributed by atoms with Gasteiger partial charge in [-0.1, -0.05) is 17.7 Å². The van der Waals surface area contributed by atoms with E-state index in [9.17, 15) is 5.11 Å². The molecular formula is C11H14ClNO. The summed E-state index contributed by atoms with van der Waals surface area (Å²) >= 11 is 5.98. The quantitative estimate of drug-likeness (QED) is 0.807. The lowest BCUT2D eigenvalue weighted by Gasteiger charge is -2.10. The molecule has 0 atom stereocenters. The molecule has 2 rings (SSSR count). The SMILES string of the molecule is NC1(CCc2c(O)cccc2Cl)CC1. The van der Waals surface area contributed by atoms with Gasteiger partial charge in [-0.3, -0.25) is 0 Å². The zero-order valence-electron chi connectivity index (χ0n) is 7.96. The third kappa shape index (κ3) is 2.02. The van der Waals surface area contributed by atoms with Crippen molar-refractivity contribution in [3.05, 3.63) is 28.8 Å². The van der Waals surface area contributed by atoms with Gasteiger partial charge >= 0.3 is 0 Å². The maximum Gasteiger partial charge on any atom is 0.120 e. The first-order valence-electron chi connectivity index (χ1n) is 4.86. The zero-order chi connectivity index (χ0) is 10.2. The molecule has 1 fully saturated rings. The summed E-state index contributed by atoms with van der Waals surface area (Å²) in [5.41, 5.74) is 6.81. The van der Waals surface area contributed by atoms with E-state index in [1.807, 2.05) is 0 Å². The van der Waals surface area contributed by atoms with Crippen LogP contribution in [0.2, 0.25) is 5.02 Å². The Bertz CT molecular complexity index is 327. The highest BCUT2D eigenvalue weighted by Crippen LogP contribution is 2.38. The van der Waals surface area contributed by atoms with E-state index in [0.717, 1.165) is 31.2 Å². The molecular weight excluding hydrogens is 198 g/mol. The van der Waals surface area contributed by atoms with Gasteiger partial charge in [0.15, 0.2) is 0 Å². The Morgan fingerprint density at radius 2 is 2.14 bits per heavy atom. The summed E-state index contributed by atoms with van der Waals surface area (Å²) in [6.07, 6.45) is 3.86. The number of rotatable bonds is 3. The van der Waals surface area contributed by atoms with Crippen molar-refractivity contribution < 1.29 is 5.11 Å². The average molecular weight is 212 g/mol. The predicted octanol–water partition coefficient (Wildman–Crippen LogP) is 2.47. The van der Waals surface area contributed by atoms with Crippen molar-refractivity contribution in [2.45, 2.75) is 31.2 Å². The number of phenols is 1. The molecule has 76 valence electrons. The number of hydrogen-bond acceptors (Lipinski definition) is 2. The molecule has 0 spiro atoms. The fourth-order valence-corrected chi connectivity index (χ4v) is 1.84. The summed E-state index contributed by atoms with van der Waals surface area (Å²) in [6, 6.07) is 5.21. The highest BCUT2D eigenvalue weighted by molar-refractivity contribution is 6.31. The number of phenolic OH excluding ortho intramolecular Hbond substituents is 1. The van der Waals surface area contributed by atoms with Gasteiger partial charge < -0.3 is 10.8 Å². The molecule has 0 aromatic heterocycles. The summed E-state index contributed by atoms with van der Waals surface area (Å²) < 4.78 is 0. The van der Waals surface area contributed by atoms with Gasteiger partial charge in [0, 0.05) is 16.1 Å². The van der Waals surface area contributed by atoms with Crippen molar-refractivity contribution in [3.63, 3.8) is 0 Å². The third-order valence-electron chi connectivity index (χ3n) is 2.86. The second kappa shape index (κ2) is 3.44. The van der Waals surface area contributed by atoms with E-state index in [1.54, 1.807) is 18.2 Å². The van der Waals surface area contributed by atoms with Gasteiger partial charge in [0.05, 0.1) is 0 Å². The van der Waals surface area contributed by atoms with Crippen molar-refractivity contribution in [2.75, 3.05) is 0 Å². The second-order valence-electron chi connectivity index (χ2n) is 4.10. The maximum atomic E-state index is 9.58. The van der Waals surface area contributed by atoms with Crippen molar-refractivity contribution in [1.82, 2.24) is 0 Å². The molecule has 0 aliphatic heterocycles. The van der Waals surface area contributed by atoms with E-state index >= 15 is 0 Å². The van der Waals surface area contributed by atoms with Gasteiger partial charge in [0.1, 0.15) is 5.75 Å². The largest absolute Gasteiger partial charge is 0.508 e. The molecule has 0 heterocycles. The van der Waals surface area contributed by atoms with E-state index in [0.29, 0.717) is 5.02 Å². The number of halogens is 1. The lowest BCUT2D eigenvalue weighted by molar-refractivity contribution is 0.464. The first-order chi connectivity index (χ1) is 6.61. The van der Waals surface area contributed by atoms with Crippen LogP contribution < -0.4 is 5.73 Å². The Kier molecular flexibility index (Phi) is 2.41. The molecule has 3 N–H and O–H groups in total. The smallest absolute Gasteiger partial charge is 0.120 e. The van der Waals surface area contributed by atoms with Crippen LogP contribution in [0.1, 0.15) is 24.8 Å². The first-order valence-corrected chi connectivity index (χ1v) is 5.24. The highest BCUT2D eigenvalue weighted by Gasteiger charge is 2.37. The minimum atomic E-state index is 0.0195. The predicted molar refractivity (Wildman–Crippen MR) is 57.6 cm³/mol. The standard InChI is InChI=1S/C11H14ClNO/c12-9-2-1-3-10(14)8(9)4-5-11(13)6-7-11/h1-3,14H,4-7,13H2. The molecule has 2 nitrogen and oxygen atoms in total. The molecule has 0 saturated heterocycles. The Labute approximate surface area is 88.7 Å². The summed E-state index contributed by atoms with van der Waals surface area (Å²) in [7, 11) is 0. The van der Waals surface area contributed by atoms with Crippen LogP contribution in [0, 0.1) is 0 Å². The van der Waals surface area contributed by atoms with Crippen LogP contribution in [0.15, 0.2) is 18.2 Å². The van der Waals surface area contributed by atoms with Crippen LogP contribution in [0.25, 0.3) is 0 Å². The average Bonchev–Trinajstić information content (AvgIpc) is 2.83. The minimum Gasteiger partial charge on any atom is -0.508 e. The van der Waals surface area contributed by atoms with Crippen LogP contribution in [0.3, 0.4) is 0 Å². The molecule has 0 amide bonds. The van der Waals surface area contributed by atoms with E-state index in [4.69, 9.17) is 17.3 Å². The summed E-state index contributed by atoms with van der Waals surface area (Å²) in [5, 5.41) is 10.2. The highest BCUT2D eigenvalue weighted by atomic mass is 35.5. The van der Waals surface area contributed by atoms with Crippen LogP contribution >= 0.6 is 11.6 Å². The third-order valence-corrected chi connectivity index (χ3v) is 3.21. The van der Waals surface area contributed by atoms with Crippen LogP contribution in [0.4, 0.5) is 0 Å². The van der Waals surface area contributed by atoms with Crippen molar-refractivity contribution in [1.29, 1.82) is 0 Å². The fourth-order valence-electron chi connectivity index (χ4n) is 1.58. The minimum absolute atomic E-state index is 0.0195. The number of nitrogens with two attached hydrogens (primary N) is 1. The lowest BCUT2D eigenvalue weighted by Crippen LogP contribution is -2.22. The van der Waals surface area contributed by atoms with E-state index < -0.39 is 0 Å². The molecule has 0 radical (unpaired) electrons. The molecule has 1 saturated carbocycles. The Morgan fingerprint density at radius 1 is 1.43 bits per heavy atom. The normalized spacial score (nSPS) is 18.1. The van der Waals surface area contributed by atoms with Gasteiger partial charge in [-0.25, -0.2) is 0 Å². The maximum absolute atomic E-state index is 9.58. The zero-order valence-corrected chi connectivity index (χ0v) is 8.72. The first kappa shape index (κ1) is 9.81. The van der Waals surface area contributed by atoms with Gasteiger partial charge in [-0.15, -0.1) is 0 Å². The topological polar surface area (TPSA) is 46.2 Å². The lowest BCUT2D eigenvalue weighted by atomic mass is 10.0. The van der Waals surface area contributed by atoms with Gasteiger partial charge in [-0.05, 0) is 37.8 Å². The van der Waals surface area contributed by atoms with Gasteiger partial charge in [0.25, 0.3) is 0 Å². The van der Waals surface area contributed by atoms with Gasteiger partial charge in [0.2, 0.25) is 0 Å². The molecule has 1 aromatic carbocycles. The molecule has 0 bridgehead atoms. The summed E-state index contributed by atoms with van der Waals surface area (Å²) in [4.78, 5) is 0. The number of aromatic hydroxyl groups is 1. The molecule has 14 heavy (non-hydrogen) atoms. The molecule has 3 heteroatoms. The van der Waals surface area contributed by atoms with Crippen LogP contribution in [-0.2, 0) is 6.42 Å². The summed E-state index contributed by atoms with van der Waals surface area (Å²) in [5.74, 6) is 0.279. The Balaban J connectivity index is 2.08. The molecule has 1 aliphatic carbocycles. The van der Waals surface area contributed by atoms with Gasteiger partial charge in [-0.2, -0.15) is 0 Å². The second-order valence-corrected chi connectivity index (χ2v) is 4.51. The monoisotopic (exact) mass is 211 g/mol. The Hall–Kier alpha value is -0.730. The molecule has 1 aromatic rings. The fraction of sp³-hybridized carbons (Fsp3) is 0.455.